The Labute approximate surface area is 139 Å². The number of nitrogens with zero attached hydrogens (tertiary/aromatic N) is 1. The Balaban J connectivity index is 2.29. The Morgan fingerprint density at radius 3 is 2.41 bits per heavy atom. The Morgan fingerprint density at radius 1 is 1.27 bits per heavy atom. The highest BCUT2D eigenvalue weighted by Gasteiger charge is 2.35. The first-order valence-corrected chi connectivity index (χ1v) is 9.28. The van der Waals surface area contributed by atoms with Crippen molar-refractivity contribution in [2.75, 3.05) is 6.54 Å². The minimum absolute atomic E-state index is 0.441. The maximum Gasteiger partial charge on any atom is 0.221 e. The summed E-state index contributed by atoms with van der Waals surface area (Å²) in [5, 5.41) is 3.91. The fraction of sp³-hybridized carbons (Fsp3) is 0.400. The second-order valence-electron chi connectivity index (χ2n) is 5.50. The van der Waals surface area contributed by atoms with Gasteiger partial charge in [0.2, 0.25) is 14.7 Å². The molecule has 0 amide bonds. The van der Waals surface area contributed by atoms with Crippen LogP contribution in [0.1, 0.15) is 32.8 Å². The number of sulfonamides is 1. The fourth-order valence-corrected chi connectivity index (χ4v) is 3.57. The Morgan fingerprint density at radius 2 is 1.91 bits per heavy atom. The van der Waals surface area contributed by atoms with E-state index in [-0.39, 0.29) is 0 Å². The minimum atomic E-state index is -3.44. The first-order chi connectivity index (χ1) is 10.3. The maximum absolute atomic E-state index is 12.4. The molecule has 0 saturated heterocycles. The first kappa shape index (κ1) is 17.2. The lowest BCUT2D eigenvalue weighted by atomic mass is 10.00. The van der Waals surface area contributed by atoms with Crippen molar-refractivity contribution < 1.29 is 12.9 Å². The molecule has 5 nitrogen and oxygen atoms in total. The predicted octanol–water partition coefficient (Wildman–Crippen LogP) is 3.67. The van der Waals surface area contributed by atoms with Gasteiger partial charge in [-0.05, 0) is 41.8 Å². The highest BCUT2D eigenvalue weighted by atomic mass is 79.9. The van der Waals surface area contributed by atoms with Crippen LogP contribution in [-0.2, 0) is 14.8 Å². The molecule has 22 heavy (non-hydrogen) atoms. The Hall–Kier alpha value is -1.18. The van der Waals surface area contributed by atoms with Gasteiger partial charge in [0, 0.05) is 18.2 Å². The van der Waals surface area contributed by atoms with E-state index in [2.05, 4.69) is 25.8 Å². The highest BCUT2D eigenvalue weighted by Crippen LogP contribution is 2.31. The molecule has 120 valence electrons. The molecule has 0 aliphatic rings. The van der Waals surface area contributed by atoms with Crippen LogP contribution in [0.4, 0.5) is 0 Å². The molecule has 1 heterocycles. The van der Waals surface area contributed by atoms with Crippen LogP contribution < -0.4 is 4.72 Å². The van der Waals surface area contributed by atoms with E-state index in [4.69, 9.17) is 4.52 Å². The Kier molecular flexibility index (Phi) is 5.09. The number of rotatable bonds is 6. The van der Waals surface area contributed by atoms with Gasteiger partial charge in [-0.2, -0.15) is 0 Å². The topological polar surface area (TPSA) is 72.2 Å². The molecule has 0 atom stereocenters. The van der Waals surface area contributed by atoms with Crippen molar-refractivity contribution in [3.05, 3.63) is 40.6 Å². The number of halogens is 1. The number of aromatic nitrogens is 1. The standard InChI is InChI=1S/C15H19BrN2O3S/c1-4-9-17-22(19,20)15(2,3)12-7-5-11(6-8-12)13-10-14(16)21-18-13/h5-8,10,17H,4,9H2,1-3H3. The van der Waals surface area contributed by atoms with Crippen molar-refractivity contribution >= 4 is 26.0 Å². The summed E-state index contributed by atoms with van der Waals surface area (Å²) in [5.41, 5.74) is 2.29. The predicted molar refractivity (Wildman–Crippen MR) is 89.9 cm³/mol. The summed E-state index contributed by atoms with van der Waals surface area (Å²) in [4.78, 5) is 0. The van der Waals surface area contributed by atoms with Crippen molar-refractivity contribution in [3.8, 4) is 11.3 Å². The molecular weight excluding hydrogens is 368 g/mol. The van der Waals surface area contributed by atoms with E-state index in [1.54, 1.807) is 19.9 Å². The van der Waals surface area contributed by atoms with Crippen LogP contribution in [0.2, 0.25) is 0 Å². The molecule has 2 rings (SSSR count). The third-order valence-corrected chi connectivity index (χ3v) is 6.11. The zero-order chi connectivity index (χ0) is 16.4. The lowest BCUT2D eigenvalue weighted by Gasteiger charge is -2.25. The highest BCUT2D eigenvalue weighted by molar-refractivity contribution is 9.10. The van der Waals surface area contributed by atoms with E-state index in [1.807, 2.05) is 31.2 Å². The molecule has 0 bridgehead atoms. The van der Waals surface area contributed by atoms with Crippen LogP contribution in [0.3, 0.4) is 0 Å². The number of hydrogen-bond donors (Lipinski definition) is 1. The molecule has 1 aromatic heterocycles. The smallest absolute Gasteiger partial charge is 0.221 e. The van der Waals surface area contributed by atoms with Gasteiger partial charge >= 0.3 is 0 Å². The van der Waals surface area contributed by atoms with Gasteiger partial charge in [-0.25, -0.2) is 13.1 Å². The number of hydrogen-bond acceptors (Lipinski definition) is 4. The van der Waals surface area contributed by atoms with Crippen LogP contribution in [-0.4, -0.2) is 20.1 Å². The normalized spacial score (nSPS) is 12.5. The number of nitrogens with one attached hydrogen (secondary N) is 1. The van der Waals surface area contributed by atoms with Gasteiger partial charge in [-0.1, -0.05) is 36.3 Å². The monoisotopic (exact) mass is 386 g/mol. The van der Waals surface area contributed by atoms with Crippen molar-refractivity contribution in [2.45, 2.75) is 31.9 Å². The molecule has 0 radical (unpaired) electrons. The maximum atomic E-state index is 12.4. The van der Waals surface area contributed by atoms with Gasteiger partial charge in [0.05, 0.1) is 0 Å². The number of benzene rings is 1. The van der Waals surface area contributed by atoms with E-state index in [0.29, 0.717) is 16.9 Å². The average Bonchev–Trinajstić information content (AvgIpc) is 2.91. The summed E-state index contributed by atoms with van der Waals surface area (Å²) in [6.07, 6.45) is 0.759. The van der Waals surface area contributed by atoms with Crippen LogP contribution in [0.25, 0.3) is 11.3 Å². The van der Waals surface area contributed by atoms with Gasteiger partial charge < -0.3 is 4.52 Å². The van der Waals surface area contributed by atoms with Gasteiger partial charge in [-0.3, -0.25) is 0 Å². The van der Waals surface area contributed by atoms with Gasteiger partial charge in [0.1, 0.15) is 10.4 Å². The van der Waals surface area contributed by atoms with E-state index < -0.39 is 14.8 Å². The molecule has 7 heteroatoms. The second-order valence-corrected chi connectivity index (χ2v) is 8.60. The summed E-state index contributed by atoms with van der Waals surface area (Å²) in [7, 11) is -3.44. The van der Waals surface area contributed by atoms with Crippen LogP contribution in [0.15, 0.2) is 39.5 Å². The molecule has 0 aliphatic heterocycles. The fourth-order valence-electron chi connectivity index (χ4n) is 2.00. The molecule has 2 aromatic rings. The first-order valence-electron chi connectivity index (χ1n) is 7.00. The second kappa shape index (κ2) is 6.52. The molecule has 0 aliphatic carbocycles. The molecule has 0 unspecified atom stereocenters. The SMILES string of the molecule is CCCNS(=O)(=O)C(C)(C)c1ccc(-c2cc(Br)on2)cc1. The average molecular weight is 387 g/mol. The van der Waals surface area contributed by atoms with Crippen molar-refractivity contribution in [2.24, 2.45) is 0 Å². The summed E-state index contributed by atoms with van der Waals surface area (Å²) >= 11 is 3.21. The van der Waals surface area contributed by atoms with E-state index in [1.165, 1.54) is 0 Å². The van der Waals surface area contributed by atoms with Crippen LogP contribution in [0.5, 0.6) is 0 Å². The van der Waals surface area contributed by atoms with E-state index in [9.17, 15) is 8.42 Å². The molecule has 0 spiro atoms. The minimum Gasteiger partial charge on any atom is -0.349 e. The molecule has 1 N–H and O–H groups in total. The third-order valence-electron chi connectivity index (χ3n) is 3.57. The largest absolute Gasteiger partial charge is 0.349 e. The van der Waals surface area contributed by atoms with E-state index >= 15 is 0 Å². The lowest BCUT2D eigenvalue weighted by molar-refractivity contribution is 0.402. The molecular formula is C15H19BrN2O3S. The zero-order valence-electron chi connectivity index (χ0n) is 12.8. The summed E-state index contributed by atoms with van der Waals surface area (Å²) < 4.78 is 32.0. The summed E-state index contributed by atoms with van der Waals surface area (Å²) in [6.45, 7) is 5.77. The van der Waals surface area contributed by atoms with Gasteiger partial charge in [0.15, 0.2) is 0 Å². The van der Waals surface area contributed by atoms with Crippen molar-refractivity contribution in [3.63, 3.8) is 0 Å². The van der Waals surface area contributed by atoms with Crippen molar-refractivity contribution in [1.82, 2.24) is 9.88 Å². The molecule has 0 saturated carbocycles. The third kappa shape index (κ3) is 3.42. The molecule has 0 fully saturated rings. The van der Waals surface area contributed by atoms with E-state index in [0.717, 1.165) is 17.5 Å². The summed E-state index contributed by atoms with van der Waals surface area (Å²) in [5.74, 6) is 0. The van der Waals surface area contributed by atoms with Crippen LogP contribution >= 0.6 is 15.9 Å². The Bertz CT molecular complexity index is 736. The molecule has 1 aromatic carbocycles. The quantitative estimate of drug-likeness (QED) is 0.821. The van der Waals surface area contributed by atoms with Crippen LogP contribution in [0, 0.1) is 0 Å². The van der Waals surface area contributed by atoms with Gasteiger partial charge in [0.25, 0.3) is 0 Å². The van der Waals surface area contributed by atoms with Gasteiger partial charge in [-0.15, -0.1) is 0 Å². The zero-order valence-corrected chi connectivity index (χ0v) is 15.2. The lowest BCUT2D eigenvalue weighted by Crippen LogP contribution is -2.39. The summed E-state index contributed by atoms with van der Waals surface area (Å²) in [6, 6.07) is 9.07. The van der Waals surface area contributed by atoms with Crippen molar-refractivity contribution in [1.29, 1.82) is 0 Å².